The molecular formula is C13H14N2. The number of rotatable bonds is 2. The highest BCUT2D eigenvalue weighted by molar-refractivity contribution is 5.92. The highest BCUT2D eigenvalue weighted by Crippen LogP contribution is 2.25. The molecule has 0 aliphatic heterocycles. The average molecular weight is 198 g/mol. The van der Waals surface area contributed by atoms with Crippen molar-refractivity contribution in [1.82, 2.24) is 4.98 Å². The number of hydrogen-bond donors (Lipinski definition) is 1. The molecule has 2 rings (SSSR count). The van der Waals surface area contributed by atoms with Crippen LogP contribution in [-0.2, 0) is 6.42 Å². The molecule has 1 heterocycles. The van der Waals surface area contributed by atoms with Gasteiger partial charge in [-0.05, 0) is 19.4 Å². The topological polar surface area (TPSA) is 38.9 Å². The molecule has 0 atom stereocenters. The van der Waals surface area contributed by atoms with Crippen LogP contribution in [0.1, 0.15) is 11.3 Å². The normalized spacial score (nSPS) is 10.5. The first-order valence-electron chi connectivity index (χ1n) is 4.98. The molecule has 0 saturated heterocycles. The second-order valence-electron chi connectivity index (χ2n) is 3.60. The number of nitrogens with zero attached hydrogens (tertiary/aromatic N) is 1. The summed E-state index contributed by atoms with van der Waals surface area (Å²) in [6, 6.07) is 7.94. The van der Waals surface area contributed by atoms with E-state index in [9.17, 15) is 0 Å². The van der Waals surface area contributed by atoms with Crippen molar-refractivity contribution in [3.63, 3.8) is 0 Å². The van der Waals surface area contributed by atoms with E-state index in [0.29, 0.717) is 0 Å². The van der Waals surface area contributed by atoms with Gasteiger partial charge >= 0.3 is 0 Å². The summed E-state index contributed by atoms with van der Waals surface area (Å²) in [6.45, 7) is 5.72. The molecule has 0 aliphatic rings. The van der Waals surface area contributed by atoms with E-state index in [1.807, 2.05) is 37.3 Å². The number of nitrogen functional groups attached to an aromatic ring is 1. The fraction of sp³-hybridized carbons (Fsp3) is 0.154. The van der Waals surface area contributed by atoms with Gasteiger partial charge in [0.25, 0.3) is 0 Å². The molecule has 1 aromatic carbocycles. The fourth-order valence-corrected chi connectivity index (χ4v) is 1.81. The van der Waals surface area contributed by atoms with Crippen molar-refractivity contribution in [2.24, 2.45) is 0 Å². The van der Waals surface area contributed by atoms with E-state index in [1.165, 1.54) is 0 Å². The van der Waals surface area contributed by atoms with E-state index in [1.54, 1.807) is 0 Å². The van der Waals surface area contributed by atoms with Crippen molar-refractivity contribution in [3.05, 3.63) is 48.2 Å². The lowest BCUT2D eigenvalue weighted by molar-refractivity contribution is 1.14. The summed E-state index contributed by atoms with van der Waals surface area (Å²) in [5.74, 6) is 0. The predicted molar refractivity (Wildman–Crippen MR) is 64.8 cm³/mol. The molecule has 2 N–H and O–H groups in total. The third kappa shape index (κ3) is 1.59. The first kappa shape index (κ1) is 9.71. The van der Waals surface area contributed by atoms with Gasteiger partial charge in [-0.15, -0.1) is 6.58 Å². The number of allylic oxidation sites excluding steroid dienone is 1. The van der Waals surface area contributed by atoms with Crippen molar-refractivity contribution in [3.8, 4) is 0 Å². The van der Waals surface area contributed by atoms with Crippen LogP contribution in [0.2, 0.25) is 0 Å². The van der Waals surface area contributed by atoms with E-state index >= 15 is 0 Å². The molecule has 2 heteroatoms. The molecule has 76 valence electrons. The number of pyridine rings is 1. The van der Waals surface area contributed by atoms with Crippen molar-refractivity contribution < 1.29 is 0 Å². The minimum atomic E-state index is 0.773. The van der Waals surface area contributed by atoms with Crippen LogP contribution in [0.3, 0.4) is 0 Å². The standard InChI is InChI=1S/C13H14N2/c1-3-6-10-9(2)15-12-8-5-4-7-11(12)13(10)14/h3-5,7-8H,1,6H2,2H3,(H2,14,15). The van der Waals surface area contributed by atoms with Gasteiger partial charge in [0.2, 0.25) is 0 Å². The Morgan fingerprint density at radius 2 is 2.13 bits per heavy atom. The zero-order chi connectivity index (χ0) is 10.8. The SMILES string of the molecule is C=CCc1c(C)nc2ccccc2c1N. The highest BCUT2D eigenvalue weighted by atomic mass is 14.7. The summed E-state index contributed by atoms with van der Waals surface area (Å²) in [5, 5.41) is 1.03. The molecule has 1 aromatic heterocycles. The lowest BCUT2D eigenvalue weighted by atomic mass is 10.0. The van der Waals surface area contributed by atoms with Gasteiger partial charge in [-0.3, -0.25) is 4.98 Å². The van der Waals surface area contributed by atoms with E-state index in [0.717, 1.165) is 34.3 Å². The van der Waals surface area contributed by atoms with Gasteiger partial charge < -0.3 is 5.73 Å². The molecule has 0 spiro atoms. The van der Waals surface area contributed by atoms with Crippen molar-refractivity contribution >= 4 is 16.6 Å². The highest BCUT2D eigenvalue weighted by Gasteiger charge is 2.07. The van der Waals surface area contributed by atoms with Crippen LogP contribution in [-0.4, -0.2) is 4.98 Å². The van der Waals surface area contributed by atoms with Crippen molar-refractivity contribution in [2.75, 3.05) is 5.73 Å². The number of aryl methyl sites for hydroxylation is 1. The van der Waals surface area contributed by atoms with Gasteiger partial charge in [0.05, 0.1) is 5.52 Å². The lowest BCUT2D eigenvalue weighted by Gasteiger charge is -2.10. The minimum absolute atomic E-state index is 0.773. The Balaban J connectivity index is 2.77. The van der Waals surface area contributed by atoms with E-state index in [2.05, 4.69) is 11.6 Å². The van der Waals surface area contributed by atoms with Gasteiger partial charge in [0.1, 0.15) is 0 Å². The molecule has 0 radical (unpaired) electrons. The molecule has 0 amide bonds. The van der Waals surface area contributed by atoms with Crippen LogP contribution in [0, 0.1) is 6.92 Å². The van der Waals surface area contributed by atoms with Crippen LogP contribution in [0.4, 0.5) is 5.69 Å². The number of fused-ring (bicyclic) bond motifs is 1. The second-order valence-corrected chi connectivity index (χ2v) is 3.60. The molecular weight excluding hydrogens is 184 g/mol. The van der Waals surface area contributed by atoms with Crippen LogP contribution in [0.5, 0.6) is 0 Å². The Bertz CT molecular complexity index is 515. The first-order chi connectivity index (χ1) is 7.24. The van der Waals surface area contributed by atoms with E-state index in [4.69, 9.17) is 5.73 Å². The Morgan fingerprint density at radius 3 is 2.87 bits per heavy atom. The molecule has 0 saturated carbocycles. The quantitative estimate of drug-likeness (QED) is 0.753. The van der Waals surface area contributed by atoms with Crippen LogP contribution < -0.4 is 5.73 Å². The van der Waals surface area contributed by atoms with Crippen LogP contribution in [0.25, 0.3) is 10.9 Å². The molecule has 0 unspecified atom stereocenters. The maximum atomic E-state index is 6.12. The van der Waals surface area contributed by atoms with Crippen molar-refractivity contribution in [1.29, 1.82) is 0 Å². The third-order valence-electron chi connectivity index (χ3n) is 2.59. The van der Waals surface area contributed by atoms with E-state index < -0.39 is 0 Å². The zero-order valence-corrected chi connectivity index (χ0v) is 8.83. The molecule has 0 aliphatic carbocycles. The number of benzene rings is 1. The van der Waals surface area contributed by atoms with Crippen LogP contribution in [0.15, 0.2) is 36.9 Å². The summed E-state index contributed by atoms with van der Waals surface area (Å²) in [5.41, 5.74) is 9.99. The number of nitrogens with two attached hydrogens (primary N) is 1. The van der Waals surface area contributed by atoms with Crippen LogP contribution >= 0.6 is 0 Å². The van der Waals surface area contributed by atoms with Gasteiger partial charge in [0, 0.05) is 22.3 Å². The summed E-state index contributed by atoms with van der Waals surface area (Å²) in [7, 11) is 0. The Hall–Kier alpha value is -1.83. The molecule has 2 aromatic rings. The average Bonchev–Trinajstić information content (AvgIpc) is 2.24. The maximum Gasteiger partial charge on any atom is 0.0726 e. The number of hydrogen-bond acceptors (Lipinski definition) is 2. The predicted octanol–water partition coefficient (Wildman–Crippen LogP) is 2.85. The molecule has 0 fully saturated rings. The van der Waals surface area contributed by atoms with Crippen molar-refractivity contribution in [2.45, 2.75) is 13.3 Å². The maximum absolute atomic E-state index is 6.12. The summed E-state index contributed by atoms with van der Waals surface area (Å²) >= 11 is 0. The number of aromatic nitrogens is 1. The van der Waals surface area contributed by atoms with Gasteiger partial charge in [0.15, 0.2) is 0 Å². The summed E-state index contributed by atoms with van der Waals surface area (Å²) < 4.78 is 0. The van der Waals surface area contributed by atoms with Gasteiger partial charge in [-0.25, -0.2) is 0 Å². The monoisotopic (exact) mass is 198 g/mol. The zero-order valence-electron chi connectivity index (χ0n) is 8.83. The number of para-hydroxylation sites is 1. The Morgan fingerprint density at radius 1 is 1.40 bits per heavy atom. The first-order valence-corrected chi connectivity index (χ1v) is 4.98. The van der Waals surface area contributed by atoms with E-state index in [-0.39, 0.29) is 0 Å². The second kappa shape index (κ2) is 3.73. The Labute approximate surface area is 89.4 Å². The lowest BCUT2D eigenvalue weighted by Crippen LogP contribution is -2.00. The molecule has 0 bridgehead atoms. The Kier molecular flexibility index (Phi) is 2.42. The van der Waals surface area contributed by atoms with Gasteiger partial charge in [-0.1, -0.05) is 24.3 Å². The fourth-order valence-electron chi connectivity index (χ4n) is 1.81. The minimum Gasteiger partial charge on any atom is -0.398 e. The summed E-state index contributed by atoms with van der Waals surface area (Å²) in [6.07, 6.45) is 2.63. The van der Waals surface area contributed by atoms with Gasteiger partial charge in [-0.2, -0.15) is 0 Å². The molecule has 2 nitrogen and oxygen atoms in total. The smallest absolute Gasteiger partial charge is 0.0726 e. The largest absolute Gasteiger partial charge is 0.398 e. The molecule has 15 heavy (non-hydrogen) atoms. The number of anilines is 1. The third-order valence-corrected chi connectivity index (χ3v) is 2.59. The summed E-state index contributed by atoms with van der Waals surface area (Å²) in [4.78, 5) is 4.53.